The first kappa shape index (κ1) is 13.3. The number of pyridine rings is 1. The van der Waals surface area contributed by atoms with E-state index in [9.17, 15) is 20.5 Å². The quantitative estimate of drug-likeness (QED) is 0.618. The van der Waals surface area contributed by atoms with Crippen LogP contribution in [-0.4, -0.2) is 15.0 Å². The minimum Gasteiger partial charge on any atom is -0.510 e. The summed E-state index contributed by atoms with van der Waals surface area (Å²) in [6.45, 7) is 0. The van der Waals surface area contributed by atoms with Gasteiger partial charge in [0.05, 0.1) is 28.0 Å². The van der Waals surface area contributed by atoms with E-state index in [2.05, 4.69) is 11.1 Å². The normalized spacial score (nSPS) is 15.9. The number of aliphatic hydroxyl groups is 1. The summed E-state index contributed by atoms with van der Waals surface area (Å²) in [6.07, 6.45) is 4.78. The van der Waals surface area contributed by atoms with Gasteiger partial charge in [0.25, 0.3) is 5.70 Å². The van der Waals surface area contributed by atoms with Gasteiger partial charge in [-0.1, -0.05) is 17.7 Å². The van der Waals surface area contributed by atoms with Crippen LogP contribution in [0.3, 0.4) is 0 Å². The molecule has 104 valence electrons. The first-order valence-electron chi connectivity index (χ1n) is 6.09. The van der Waals surface area contributed by atoms with Gasteiger partial charge < -0.3 is 5.11 Å². The van der Waals surface area contributed by atoms with E-state index in [0.29, 0.717) is 27.4 Å². The topological polar surface area (TPSA) is 100 Å². The Morgan fingerprint density at radius 2 is 2.24 bits per heavy atom. The number of aliphatic hydroxyl groups excluding tert-OH is 1. The zero-order valence-electron chi connectivity index (χ0n) is 10.6. The molecule has 0 amide bonds. The third-order valence-electron chi connectivity index (χ3n) is 3.47. The van der Waals surface area contributed by atoms with E-state index in [0.717, 1.165) is 0 Å². The van der Waals surface area contributed by atoms with Gasteiger partial charge >= 0.3 is 0 Å². The van der Waals surface area contributed by atoms with Gasteiger partial charge in [0.1, 0.15) is 16.9 Å². The molecule has 0 aliphatic heterocycles. The molecule has 0 fully saturated rings. The Morgan fingerprint density at radius 1 is 1.48 bits per heavy atom. The summed E-state index contributed by atoms with van der Waals surface area (Å²) >= 11 is 6.05. The highest BCUT2D eigenvalue weighted by Gasteiger charge is 2.24. The van der Waals surface area contributed by atoms with Crippen LogP contribution >= 0.6 is 11.6 Å². The zero-order valence-corrected chi connectivity index (χ0v) is 11.4. The second kappa shape index (κ2) is 4.72. The molecule has 2 aliphatic carbocycles. The average molecular weight is 302 g/mol. The van der Waals surface area contributed by atoms with Crippen molar-refractivity contribution in [3.05, 3.63) is 55.0 Å². The monoisotopic (exact) mass is 301 g/mol. The average Bonchev–Trinajstić information content (AvgIpc) is 2.48. The zero-order chi connectivity index (χ0) is 15.1. The SMILES string of the molecule is N#Cc1c2c(nc3c1=CCC(O)=C3Cl)=CC=C([N+](=O)[O-])C2. The first-order valence-corrected chi connectivity index (χ1v) is 6.47. The van der Waals surface area contributed by atoms with Gasteiger partial charge in [-0.3, -0.25) is 10.1 Å². The van der Waals surface area contributed by atoms with Crippen LogP contribution in [-0.2, 0) is 6.42 Å². The standard InChI is InChI=1S/C14H8ClN3O3/c15-13-12(19)4-2-8-10(6-16)9-5-7(18(20)21)1-3-11(9)17-14(8)13/h1-3,19H,4-5H2. The molecule has 0 bridgehead atoms. The smallest absolute Gasteiger partial charge is 0.250 e. The molecule has 1 N–H and O–H groups in total. The van der Waals surface area contributed by atoms with E-state index in [1.165, 1.54) is 12.2 Å². The molecule has 0 radical (unpaired) electrons. The molecular weight excluding hydrogens is 294 g/mol. The Hall–Kier alpha value is -2.65. The molecule has 0 atom stereocenters. The van der Waals surface area contributed by atoms with Crippen LogP contribution in [0.4, 0.5) is 0 Å². The van der Waals surface area contributed by atoms with Gasteiger partial charge in [-0.15, -0.1) is 0 Å². The van der Waals surface area contributed by atoms with Crippen molar-refractivity contribution in [2.75, 3.05) is 0 Å². The number of hydrogen-bond acceptors (Lipinski definition) is 5. The number of fused-ring (bicyclic) bond motifs is 2. The molecule has 1 heterocycles. The van der Waals surface area contributed by atoms with Gasteiger partial charge in [-0.2, -0.15) is 5.26 Å². The summed E-state index contributed by atoms with van der Waals surface area (Å²) in [6, 6.07) is 2.07. The lowest BCUT2D eigenvalue weighted by Gasteiger charge is -2.14. The number of rotatable bonds is 1. The molecule has 0 unspecified atom stereocenters. The number of nitriles is 1. The number of aromatic nitrogens is 1. The number of nitro groups is 1. The van der Waals surface area contributed by atoms with E-state index >= 15 is 0 Å². The Morgan fingerprint density at radius 3 is 2.90 bits per heavy atom. The molecule has 0 spiro atoms. The molecule has 2 aliphatic rings. The van der Waals surface area contributed by atoms with E-state index in [1.807, 2.05) is 0 Å². The Kier molecular flexibility index (Phi) is 3.00. The summed E-state index contributed by atoms with van der Waals surface area (Å²) in [5, 5.41) is 31.1. The molecule has 1 aromatic rings. The molecular formula is C14H8ClN3O3. The van der Waals surface area contributed by atoms with E-state index in [1.54, 1.807) is 6.08 Å². The van der Waals surface area contributed by atoms with Crippen molar-refractivity contribution in [3.63, 3.8) is 0 Å². The lowest BCUT2D eigenvalue weighted by molar-refractivity contribution is -0.427. The Labute approximate surface area is 123 Å². The highest BCUT2D eigenvalue weighted by Crippen LogP contribution is 2.24. The van der Waals surface area contributed by atoms with Crippen LogP contribution in [0.1, 0.15) is 23.2 Å². The number of hydrogen-bond donors (Lipinski definition) is 1. The first-order chi connectivity index (χ1) is 10.0. The number of halogens is 1. The van der Waals surface area contributed by atoms with Crippen molar-refractivity contribution in [3.8, 4) is 6.07 Å². The fourth-order valence-electron chi connectivity index (χ4n) is 2.43. The predicted octanol–water partition coefficient (Wildman–Crippen LogP) is 1.10. The second-order valence-corrected chi connectivity index (χ2v) is 5.03. The largest absolute Gasteiger partial charge is 0.510 e. The van der Waals surface area contributed by atoms with Crippen molar-refractivity contribution in [2.45, 2.75) is 12.8 Å². The van der Waals surface area contributed by atoms with Crippen LogP contribution in [0.25, 0.3) is 17.2 Å². The summed E-state index contributed by atoms with van der Waals surface area (Å²) < 4.78 is 0. The molecule has 6 nitrogen and oxygen atoms in total. The van der Waals surface area contributed by atoms with Crippen molar-refractivity contribution in [2.24, 2.45) is 0 Å². The third-order valence-corrected chi connectivity index (χ3v) is 3.86. The van der Waals surface area contributed by atoms with Crippen molar-refractivity contribution in [1.82, 2.24) is 4.98 Å². The summed E-state index contributed by atoms with van der Waals surface area (Å²) in [5.41, 5.74) is 1.20. The van der Waals surface area contributed by atoms with Crippen LogP contribution in [0, 0.1) is 21.4 Å². The minimum atomic E-state index is -0.470. The predicted molar refractivity (Wildman–Crippen MR) is 75.9 cm³/mol. The molecule has 0 saturated heterocycles. The van der Waals surface area contributed by atoms with Gasteiger partial charge in [-0.25, -0.2) is 4.98 Å². The van der Waals surface area contributed by atoms with Crippen molar-refractivity contribution >= 4 is 28.8 Å². The maximum absolute atomic E-state index is 10.9. The van der Waals surface area contributed by atoms with Gasteiger partial charge in [0.2, 0.25) is 0 Å². The minimum absolute atomic E-state index is 0.00200. The fraction of sp³-hybridized carbons (Fsp3) is 0.143. The summed E-state index contributed by atoms with van der Waals surface area (Å²) in [7, 11) is 0. The Balaban J connectivity index is 2.36. The van der Waals surface area contributed by atoms with Crippen LogP contribution in [0.2, 0.25) is 0 Å². The summed E-state index contributed by atoms with van der Waals surface area (Å²) in [5.74, 6) is -0.00200. The lowest BCUT2D eigenvalue weighted by Crippen LogP contribution is -2.31. The molecule has 0 aromatic carbocycles. The number of nitrogens with zero attached hydrogens (tertiary/aromatic N) is 3. The number of allylic oxidation sites excluding steroid dienone is 3. The fourth-order valence-corrected chi connectivity index (χ4v) is 2.65. The maximum Gasteiger partial charge on any atom is 0.250 e. The van der Waals surface area contributed by atoms with E-state index in [4.69, 9.17) is 11.6 Å². The van der Waals surface area contributed by atoms with Gasteiger partial charge in [0, 0.05) is 23.3 Å². The molecule has 0 saturated carbocycles. The lowest BCUT2D eigenvalue weighted by atomic mass is 9.95. The van der Waals surface area contributed by atoms with Gasteiger partial charge in [-0.05, 0) is 6.08 Å². The van der Waals surface area contributed by atoms with E-state index < -0.39 is 4.92 Å². The highest BCUT2D eigenvalue weighted by atomic mass is 35.5. The maximum atomic E-state index is 10.9. The molecule has 1 aromatic heterocycles. The van der Waals surface area contributed by atoms with Crippen LogP contribution < -0.4 is 10.6 Å². The molecule has 21 heavy (non-hydrogen) atoms. The third kappa shape index (κ3) is 1.99. The second-order valence-electron chi connectivity index (χ2n) is 4.65. The Bertz CT molecular complexity index is 907. The van der Waals surface area contributed by atoms with Crippen molar-refractivity contribution < 1.29 is 10.0 Å². The van der Waals surface area contributed by atoms with Gasteiger partial charge in [0.15, 0.2) is 0 Å². The summed E-state index contributed by atoms with van der Waals surface area (Å²) in [4.78, 5) is 14.8. The van der Waals surface area contributed by atoms with E-state index in [-0.39, 0.29) is 29.3 Å². The highest BCUT2D eigenvalue weighted by molar-refractivity contribution is 6.49. The molecule has 3 rings (SSSR count). The molecule has 7 heteroatoms. The van der Waals surface area contributed by atoms with Crippen molar-refractivity contribution in [1.29, 1.82) is 5.26 Å². The van der Waals surface area contributed by atoms with Crippen LogP contribution in [0.15, 0.2) is 17.5 Å². The van der Waals surface area contributed by atoms with Crippen LogP contribution in [0.5, 0.6) is 0 Å².